The van der Waals surface area contributed by atoms with Crippen molar-refractivity contribution in [2.75, 3.05) is 26.2 Å². The number of aromatic nitrogens is 2. The highest BCUT2D eigenvalue weighted by Gasteiger charge is 2.17. The number of nitrogens with zero attached hydrogens (tertiary/aromatic N) is 3. The molecule has 1 aliphatic rings. The summed E-state index contributed by atoms with van der Waals surface area (Å²) in [5, 5.41) is 7.79. The van der Waals surface area contributed by atoms with Gasteiger partial charge in [-0.3, -0.25) is 4.79 Å². The molecule has 29 heavy (non-hydrogen) atoms. The topological polar surface area (TPSA) is 71.3 Å². The van der Waals surface area contributed by atoms with Gasteiger partial charge in [0.1, 0.15) is 10.8 Å². The van der Waals surface area contributed by atoms with Gasteiger partial charge < -0.3 is 14.7 Å². The number of carbonyl (C=O) groups is 1. The van der Waals surface area contributed by atoms with Gasteiger partial charge in [-0.05, 0) is 70.7 Å². The molecule has 3 rings (SSSR count). The quantitative estimate of drug-likeness (QED) is 0.487. The van der Waals surface area contributed by atoms with E-state index in [1.807, 2.05) is 26.0 Å². The molecule has 7 heteroatoms. The van der Waals surface area contributed by atoms with Crippen molar-refractivity contribution in [1.29, 1.82) is 0 Å². The van der Waals surface area contributed by atoms with Crippen molar-refractivity contribution in [1.82, 2.24) is 20.4 Å². The van der Waals surface area contributed by atoms with Crippen LogP contribution in [0, 0.1) is 19.8 Å². The number of likely N-dealkylation sites (tertiary alicyclic amines) is 1. The van der Waals surface area contributed by atoms with E-state index in [0.717, 1.165) is 47.3 Å². The Kier molecular flexibility index (Phi) is 8.12. The smallest absolute Gasteiger partial charge is 0.254 e. The molecule has 0 aliphatic carbocycles. The number of thioether (sulfide) groups is 1. The van der Waals surface area contributed by atoms with Gasteiger partial charge in [-0.25, -0.2) is 4.98 Å². The van der Waals surface area contributed by atoms with E-state index in [1.165, 1.54) is 25.9 Å². The average molecular weight is 417 g/mol. The van der Waals surface area contributed by atoms with E-state index in [0.29, 0.717) is 17.9 Å². The molecule has 0 radical (unpaired) electrons. The van der Waals surface area contributed by atoms with Gasteiger partial charge in [0.05, 0.1) is 11.3 Å². The second-order valence-corrected chi connectivity index (χ2v) is 8.92. The van der Waals surface area contributed by atoms with Gasteiger partial charge in [-0.1, -0.05) is 12.1 Å². The van der Waals surface area contributed by atoms with Crippen LogP contribution in [0.25, 0.3) is 0 Å². The molecule has 1 saturated heterocycles. The number of pyridine rings is 1. The number of aryl methyl sites for hydroxylation is 2. The summed E-state index contributed by atoms with van der Waals surface area (Å²) in [5.41, 5.74) is 2.59. The standard InChI is InChI=1S/C22H32N4O2S/c1-16-8-7-13-26(14-16)12-5-4-10-23-21(27)19-9-6-11-24-22(19)29-15-20-17(2)25-28-18(20)3/h6,9,11,16H,4-5,7-8,10,12-15H2,1-3H3,(H,23,27). The molecular formula is C22H32N4O2S. The summed E-state index contributed by atoms with van der Waals surface area (Å²) in [5.74, 6) is 2.27. The zero-order chi connectivity index (χ0) is 20.6. The number of rotatable bonds is 9. The van der Waals surface area contributed by atoms with Crippen LogP contribution in [0.5, 0.6) is 0 Å². The van der Waals surface area contributed by atoms with Crippen molar-refractivity contribution in [3.8, 4) is 0 Å². The molecule has 0 saturated carbocycles. The summed E-state index contributed by atoms with van der Waals surface area (Å²) in [6.45, 7) is 10.4. The lowest BCUT2D eigenvalue weighted by Gasteiger charge is -2.30. The molecule has 1 N–H and O–H groups in total. The largest absolute Gasteiger partial charge is 0.361 e. The second-order valence-electron chi connectivity index (χ2n) is 7.96. The number of carbonyl (C=O) groups excluding carboxylic acids is 1. The summed E-state index contributed by atoms with van der Waals surface area (Å²) >= 11 is 1.55. The third-order valence-electron chi connectivity index (χ3n) is 5.48. The highest BCUT2D eigenvalue weighted by atomic mass is 32.2. The molecular weight excluding hydrogens is 384 g/mol. The van der Waals surface area contributed by atoms with Gasteiger partial charge in [0, 0.05) is 30.6 Å². The molecule has 1 aliphatic heterocycles. The Hall–Kier alpha value is -1.86. The Morgan fingerprint density at radius 2 is 2.24 bits per heavy atom. The molecule has 1 fully saturated rings. The number of hydrogen-bond donors (Lipinski definition) is 1. The number of nitrogens with one attached hydrogen (secondary N) is 1. The highest BCUT2D eigenvalue weighted by molar-refractivity contribution is 7.98. The first-order valence-corrected chi connectivity index (χ1v) is 11.5. The Balaban J connectivity index is 1.44. The van der Waals surface area contributed by atoms with Crippen molar-refractivity contribution in [2.45, 2.75) is 57.2 Å². The maximum atomic E-state index is 12.7. The third kappa shape index (κ3) is 6.31. The summed E-state index contributed by atoms with van der Waals surface area (Å²) in [6.07, 6.45) is 6.51. The molecule has 0 bridgehead atoms. The predicted molar refractivity (Wildman–Crippen MR) is 116 cm³/mol. The Morgan fingerprint density at radius 3 is 3.00 bits per heavy atom. The van der Waals surface area contributed by atoms with Crippen molar-refractivity contribution < 1.29 is 9.32 Å². The van der Waals surface area contributed by atoms with Gasteiger partial charge in [-0.2, -0.15) is 0 Å². The lowest BCUT2D eigenvalue weighted by molar-refractivity contribution is 0.0948. The van der Waals surface area contributed by atoms with Gasteiger partial charge in [0.25, 0.3) is 5.91 Å². The van der Waals surface area contributed by atoms with E-state index in [-0.39, 0.29) is 5.91 Å². The lowest BCUT2D eigenvalue weighted by Crippen LogP contribution is -2.35. The fourth-order valence-corrected chi connectivity index (χ4v) is 4.92. The summed E-state index contributed by atoms with van der Waals surface area (Å²) in [4.78, 5) is 19.6. The third-order valence-corrected chi connectivity index (χ3v) is 6.51. The summed E-state index contributed by atoms with van der Waals surface area (Å²) < 4.78 is 5.22. The van der Waals surface area contributed by atoms with Crippen LogP contribution in [0.3, 0.4) is 0 Å². The van der Waals surface area contributed by atoms with Crippen molar-refractivity contribution >= 4 is 17.7 Å². The Bertz CT molecular complexity index is 788. The van der Waals surface area contributed by atoms with Crippen molar-refractivity contribution in [3.63, 3.8) is 0 Å². The molecule has 1 unspecified atom stereocenters. The fraction of sp³-hybridized carbons (Fsp3) is 0.591. The maximum Gasteiger partial charge on any atom is 0.254 e. The lowest BCUT2D eigenvalue weighted by atomic mass is 10.0. The average Bonchev–Trinajstić information content (AvgIpc) is 3.04. The highest BCUT2D eigenvalue weighted by Crippen LogP contribution is 2.27. The molecule has 1 amide bonds. The normalized spacial score (nSPS) is 17.4. The minimum Gasteiger partial charge on any atom is -0.361 e. The maximum absolute atomic E-state index is 12.7. The Labute approximate surface area is 177 Å². The second kappa shape index (κ2) is 10.8. The number of amides is 1. The summed E-state index contributed by atoms with van der Waals surface area (Å²) in [6, 6.07) is 3.65. The van der Waals surface area contributed by atoms with Gasteiger partial charge >= 0.3 is 0 Å². The van der Waals surface area contributed by atoms with E-state index in [2.05, 4.69) is 27.3 Å². The zero-order valence-corrected chi connectivity index (χ0v) is 18.6. The molecule has 0 aromatic carbocycles. The van der Waals surface area contributed by atoms with Crippen LogP contribution < -0.4 is 5.32 Å². The van der Waals surface area contributed by atoms with Crippen LogP contribution in [-0.2, 0) is 5.75 Å². The number of unbranched alkanes of at least 4 members (excludes halogenated alkanes) is 1. The molecule has 2 aromatic rings. The minimum absolute atomic E-state index is 0.0500. The molecule has 6 nitrogen and oxygen atoms in total. The van der Waals surface area contributed by atoms with Gasteiger partial charge in [0.2, 0.25) is 0 Å². The van der Waals surface area contributed by atoms with Crippen molar-refractivity contribution in [2.24, 2.45) is 5.92 Å². The Morgan fingerprint density at radius 1 is 1.38 bits per heavy atom. The first-order valence-electron chi connectivity index (χ1n) is 10.5. The van der Waals surface area contributed by atoms with Crippen LogP contribution in [0.1, 0.15) is 60.0 Å². The number of hydrogen-bond acceptors (Lipinski definition) is 6. The fourth-order valence-electron chi connectivity index (χ4n) is 3.77. The van der Waals surface area contributed by atoms with Gasteiger partial charge in [-0.15, -0.1) is 11.8 Å². The minimum atomic E-state index is -0.0500. The van der Waals surface area contributed by atoms with E-state index in [4.69, 9.17) is 4.52 Å². The van der Waals surface area contributed by atoms with Crippen LogP contribution in [0.15, 0.2) is 27.9 Å². The van der Waals surface area contributed by atoms with E-state index in [9.17, 15) is 4.79 Å². The van der Waals surface area contributed by atoms with Gasteiger partial charge in [0.15, 0.2) is 0 Å². The first kappa shape index (κ1) is 21.8. The van der Waals surface area contributed by atoms with Crippen LogP contribution >= 0.6 is 11.8 Å². The van der Waals surface area contributed by atoms with E-state index >= 15 is 0 Å². The molecule has 3 heterocycles. The van der Waals surface area contributed by atoms with E-state index in [1.54, 1.807) is 18.0 Å². The first-order chi connectivity index (χ1) is 14.0. The zero-order valence-electron chi connectivity index (χ0n) is 17.7. The monoisotopic (exact) mass is 416 g/mol. The number of piperidine rings is 1. The molecule has 0 spiro atoms. The molecule has 158 valence electrons. The predicted octanol–water partition coefficient (Wildman–Crippen LogP) is 4.22. The SMILES string of the molecule is Cc1noc(C)c1CSc1ncccc1C(=O)NCCCCN1CCCC(C)C1. The van der Waals surface area contributed by atoms with Crippen LogP contribution in [0.4, 0.5) is 0 Å². The van der Waals surface area contributed by atoms with Crippen molar-refractivity contribution in [3.05, 3.63) is 40.9 Å². The summed E-state index contributed by atoms with van der Waals surface area (Å²) in [7, 11) is 0. The molecule has 1 atom stereocenters. The molecule has 2 aromatic heterocycles. The van der Waals surface area contributed by atoms with Crippen LogP contribution in [-0.4, -0.2) is 47.1 Å². The van der Waals surface area contributed by atoms with Crippen LogP contribution in [0.2, 0.25) is 0 Å². The van der Waals surface area contributed by atoms with E-state index < -0.39 is 0 Å².